The van der Waals surface area contributed by atoms with E-state index in [9.17, 15) is 4.79 Å². The molecular weight excluding hydrogens is 362 g/mol. The summed E-state index contributed by atoms with van der Waals surface area (Å²) in [6.45, 7) is 2.01. The van der Waals surface area contributed by atoms with Crippen molar-refractivity contribution >= 4 is 22.7 Å². The fraction of sp³-hybridized carbons (Fsp3) is 0.300. The lowest BCUT2D eigenvalue weighted by Crippen LogP contribution is -2.16. The number of nitrogens with one attached hydrogen (secondary N) is 1. The van der Waals surface area contributed by atoms with Crippen LogP contribution < -0.4 is 14.8 Å². The van der Waals surface area contributed by atoms with Crippen LogP contribution in [0.1, 0.15) is 28.0 Å². The fourth-order valence-corrected chi connectivity index (χ4v) is 3.81. The van der Waals surface area contributed by atoms with E-state index in [-0.39, 0.29) is 0 Å². The molecular formula is C20H19N3O5. The van der Waals surface area contributed by atoms with Crippen molar-refractivity contribution in [3.63, 3.8) is 0 Å². The molecule has 28 heavy (non-hydrogen) atoms. The summed E-state index contributed by atoms with van der Waals surface area (Å²) >= 11 is 0. The summed E-state index contributed by atoms with van der Waals surface area (Å²) in [5.41, 5.74) is 3.85. The zero-order valence-corrected chi connectivity index (χ0v) is 15.5. The number of methoxy groups -OCH3 is 2. The van der Waals surface area contributed by atoms with Gasteiger partial charge in [-0.15, -0.1) is 0 Å². The Hall–Kier alpha value is -3.26. The van der Waals surface area contributed by atoms with Crippen LogP contribution in [-0.2, 0) is 22.6 Å². The number of aromatic nitrogens is 2. The number of hydrogen-bond donors (Lipinski definition) is 1. The van der Waals surface area contributed by atoms with Gasteiger partial charge < -0.3 is 28.8 Å². The number of carbonyl (C=O) groups is 1. The van der Waals surface area contributed by atoms with Gasteiger partial charge in [-0.2, -0.15) is 0 Å². The average molecular weight is 381 g/mol. The lowest BCUT2D eigenvalue weighted by molar-refractivity contribution is 0.0435. The van der Waals surface area contributed by atoms with Crippen LogP contribution in [0.15, 0.2) is 30.3 Å². The summed E-state index contributed by atoms with van der Waals surface area (Å²) in [5.74, 6) is 1.35. The highest BCUT2D eigenvalue weighted by Gasteiger charge is 2.36. The SMILES string of the molecule is COc1ccc2c(c1OC)C(=O)O[C@@H]2Nc1ccc2c(c1)nc1n2CCOC1. The van der Waals surface area contributed by atoms with Crippen LogP contribution >= 0.6 is 0 Å². The molecule has 8 nitrogen and oxygen atoms in total. The molecule has 8 heteroatoms. The molecule has 1 aromatic heterocycles. The first-order valence-electron chi connectivity index (χ1n) is 8.99. The zero-order chi connectivity index (χ0) is 19.3. The number of esters is 1. The van der Waals surface area contributed by atoms with Crippen molar-refractivity contribution in [1.82, 2.24) is 9.55 Å². The number of cyclic esters (lactones) is 1. The molecule has 0 fully saturated rings. The van der Waals surface area contributed by atoms with Crippen molar-refractivity contribution in [1.29, 1.82) is 0 Å². The van der Waals surface area contributed by atoms with E-state index in [4.69, 9.17) is 18.9 Å². The van der Waals surface area contributed by atoms with Gasteiger partial charge >= 0.3 is 5.97 Å². The Balaban J connectivity index is 1.49. The Kier molecular flexibility index (Phi) is 3.87. The summed E-state index contributed by atoms with van der Waals surface area (Å²) in [4.78, 5) is 17.1. The number of fused-ring (bicyclic) bond motifs is 4. The molecule has 2 aliphatic rings. The molecule has 0 aliphatic carbocycles. The number of nitrogens with zero attached hydrogens (tertiary/aromatic N) is 2. The maximum absolute atomic E-state index is 12.4. The third-order valence-electron chi connectivity index (χ3n) is 5.10. The first-order valence-corrected chi connectivity index (χ1v) is 8.99. The second-order valence-corrected chi connectivity index (χ2v) is 6.63. The van der Waals surface area contributed by atoms with E-state index in [1.807, 2.05) is 24.3 Å². The second kappa shape index (κ2) is 6.42. The van der Waals surface area contributed by atoms with Gasteiger partial charge in [-0.05, 0) is 30.3 Å². The smallest absolute Gasteiger partial charge is 0.344 e. The summed E-state index contributed by atoms with van der Waals surface area (Å²) in [6, 6.07) is 9.50. The van der Waals surface area contributed by atoms with E-state index < -0.39 is 12.2 Å². The number of imidazole rings is 1. The number of ether oxygens (including phenoxy) is 4. The van der Waals surface area contributed by atoms with E-state index in [1.165, 1.54) is 14.2 Å². The van der Waals surface area contributed by atoms with E-state index in [0.29, 0.717) is 35.8 Å². The highest BCUT2D eigenvalue weighted by molar-refractivity contribution is 5.98. The van der Waals surface area contributed by atoms with E-state index in [2.05, 4.69) is 14.9 Å². The summed E-state index contributed by atoms with van der Waals surface area (Å²) in [6.07, 6.45) is -0.611. The molecule has 0 bridgehead atoms. The Labute approximate surface area is 161 Å². The standard InChI is InChI=1S/C20H19N3O5/c1-25-15-6-4-12-17(18(15)26-2)20(24)28-19(12)21-11-3-5-14-13(9-11)22-16-10-27-8-7-23(14)16/h3-6,9,19,21H,7-8,10H2,1-2H3/t19-/m0/s1. The van der Waals surface area contributed by atoms with Crippen LogP contribution in [0.25, 0.3) is 11.0 Å². The van der Waals surface area contributed by atoms with Gasteiger partial charge in [0.1, 0.15) is 18.0 Å². The van der Waals surface area contributed by atoms with Gasteiger partial charge in [-0.1, -0.05) is 0 Å². The minimum atomic E-state index is -0.611. The predicted molar refractivity (Wildman–Crippen MR) is 101 cm³/mol. The molecule has 1 atom stereocenters. The average Bonchev–Trinajstić information content (AvgIpc) is 3.24. The van der Waals surface area contributed by atoms with E-state index in [1.54, 1.807) is 6.07 Å². The maximum Gasteiger partial charge on any atom is 0.344 e. The first-order chi connectivity index (χ1) is 13.7. The van der Waals surface area contributed by atoms with Gasteiger partial charge in [-0.3, -0.25) is 0 Å². The summed E-state index contributed by atoms with van der Waals surface area (Å²) in [7, 11) is 3.04. The van der Waals surface area contributed by atoms with Crippen molar-refractivity contribution in [3.8, 4) is 11.5 Å². The number of anilines is 1. The van der Waals surface area contributed by atoms with Crippen molar-refractivity contribution in [2.24, 2.45) is 0 Å². The molecule has 0 spiro atoms. The van der Waals surface area contributed by atoms with Crippen LogP contribution in [0.5, 0.6) is 11.5 Å². The van der Waals surface area contributed by atoms with Gasteiger partial charge in [-0.25, -0.2) is 9.78 Å². The van der Waals surface area contributed by atoms with Crippen LogP contribution in [0.4, 0.5) is 5.69 Å². The van der Waals surface area contributed by atoms with Gasteiger partial charge in [0, 0.05) is 17.8 Å². The van der Waals surface area contributed by atoms with Crippen LogP contribution in [0, 0.1) is 0 Å². The minimum Gasteiger partial charge on any atom is -0.493 e. The molecule has 0 radical (unpaired) electrons. The largest absolute Gasteiger partial charge is 0.493 e. The molecule has 3 aromatic rings. The molecule has 0 amide bonds. The number of benzene rings is 2. The predicted octanol–water partition coefficient (Wildman–Crippen LogP) is 2.86. The minimum absolute atomic E-state index is 0.381. The third kappa shape index (κ3) is 2.49. The second-order valence-electron chi connectivity index (χ2n) is 6.63. The lowest BCUT2D eigenvalue weighted by atomic mass is 10.1. The monoisotopic (exact) mass is 381 g/mol. The van der Waals surface area contributed by atoms with Gasteiger partial charge in [0.15, 0.2) is 11.5 Å². The Morgan fingerprint density at radius 1 is 1.21 bits per heavy atom. The number of hydrogen-bond acceptors (Lipinski definition) is 7. The topological polar surface area (TPSA) is 83.8 Å². The van der Waals surface area contributed by atoms with Gasteiger partial charge in [0.2, 0.25) is 6.23 Å². The summed E-state index contributed by atoms with van der Waals surface area (Å²) < 4.78 is 23.8. The van der Waals surface area contributed by atoms with Crippen molar-refractivity contribution in [2.45, 2.75) is 19.4 Å². The third-order valence-corrected chi connectivity index (χ3v) is 5.10. The van der Waals surface area contributed by atoms with E-state index in [0.717, 1.165) is 29.1 Å². The van der Waals surface area contributed by atoms with Crippen molar-refractivity contribution < 1.29 is 23.7 Å². The van der Waals surface area contributed by atoms with Gasteiger partial charge in [0.05, 0.1) is 31.9 Å². The molecule has 0 saturated heterocycles. The fourth-order valence-electron chi connectivity index (χ4n) is 3.81. The summed E-state index contributed by atoms with van der Waals surface area (Å²) in [5, 5.41) is 3.27. The first kappa shape index (κ1) is 16.9. The molecule has 0 unspecified atom stereocenters. The van der Waals surface area contributed by atoms with Crippen LogP contribution in [0.2, 0.25) is 0 Å². The molecule has 144 valence electrons. The molecule has 2 aliphatic heterocycles. The molecule has 0 saturated carbocycles. The highest BCUT2D eigenvalue weighted by atomic mass is 16.6. The van der Waals surface area contributed by atoms with Crippen LogP contribution in [-0.4, -0.2) is 36.3 Å². The van der Waals surface area contributed by atoms with Gasteiger partial charge in [0.25, 0.3) is 0 Å². The number of rotatable bonds is 4. The van der Waals surface area contributed by atoms with Crippen LogP contribution in [0.3, 0.4) is 0 Å². The Morgan fingerprint density at radius 2 is 2.11 bits per heavy atom. The molecule has 2 aromatic carbocycles. The quantitative estimate of drug-likeness (QED) is 0.696. The number of carbonyl (C=O) groups excluding carboxylic acids is 1. The zero-order valence-electron chi connectivity index (χ0n) is 15.5. The maximum atomic E-state index is 12.4. The Bertz CT molecular complexity index is 1090. The molecule has 5 rings (SSSR count). The van der Waals surface area contributed by atoms with Crippen molar-refractivity contribution in [3.05, 3.63) is 47.3 Å². The van der Waals surface area contributed by atoms with E-state index >= 15 is 0 Å². The lowest BCUT2D eigenvalue weighted by Gasteiger charge is -2.16. The van der Waals surface area contributed by atoms with Crippen molar-refractivity contribution in [2.75, 3.05) is 26.1 Å². The molecule has 3 heterocycles. The Morgan fingerprint density at radius 3 is 2.93 bits per heavy atom. The normalized spacial score (nSPS) is 17.8. The highest BCUT2D eigenvalue weighted by Crippen LogP contribution is 2.42. The molecule has 1 N–H and O–H groups in total.